The summed E-state index contributed by atoms with van der Waals surface area (Å²) >= 11 is 5.76. The maximum absolute atomic E-state index is 13.0. The van der Waals surface area contributed by atoms with E-state index in [4.69, 9.17) is 26.4 Å². The van der Waals surface area contributed by atoms with E-state index in [9.17, 15) is 4.79 Å². The maximum atomic E-state index is 13.0. The lowest BCUT2D eigenvalue weighted by Crippen LogP contribution is -2.35. The smallest absolute Gasteiger partial charge is 0.253 e. The number of thiocarbonyl (C=S) groups is 1. The molecule has 0 unspecified atom stereocenters. The summed E-state index contributed by atoms with van der Waals surface area (Å²) in [5.74, 6) is 1.91. The van der Waals surface area contributed by atoms with Crippen LogP contribution in [0.2, 0.25) is 0 Å². The summed E-state index contributed by atoms with van der Waals surface area (Å²) in [5.41, 5.74) is 2.98. The molecular weight excluding hydrogens is 462 g/mol. The van der Waals surface area contributed by atoms with E-state index in [2.05, 4.69) is 10.3 Å². The first kappa shape index (κ1) is 24.1. The number of anilines is 1. The van der Waals surface area contributed by atoms with Gasteiger partial charge in [0.05, 0.1) is 33.4 Å². The molecule has 4 rings (SSSR count). The molecule has 0 radical (unpaired) electrons. The summed E-state index contributed by atoms with van der Waals surface area (Å²) in [6, 6.07) is 23.0. The molecule has 0 aliphatic carbocycles. The number of benzene rings is 3. The third-order valence-electron chi connectivity index (χ3n) is 5.63. The minimum absolute atomic E-state index is 0.185. The Hall–Kier alpha value is -4.04. The lowest BCUT2D eigenvalue weighted by atomic mass is 10.1. The van der Waals surface area contributed by atoms with E-state index in [0.29, 0.717) is 40.8 Å². The number of aromatic amines is 1. The van der Waals surface area contributed by atoms with Crippen molar-refractivity contribution in [2.75, 3.05) is 26.6 Å². The number of nitrogens with one attached hydrogen (secondary N) is 2. The first-order valence-corrected chi connectivity index (χ1v) is 11.4. The number of pyridine rings is 1. The third kappa shape index (κ3) is 5.73. The summed E-state index contributed by atoms with van der Waals surface area (Å²) in [5, 5.41) is 4.62. The molecule has 0 aliphatic heterocycles. The Morgan fingerprint density at radius 1 is 0.886 bits per heavy atom. The average Bonchev–Trinajstić information content (AvgIpc) is 2.89. The highest BCUT2D eigenvalue weighted by Gasteiger charge is 2.16. The van der Waals surface area contributed by atoms with Crippen molar-refractivity contribution < 1.29 is 14.2 Å². The van der Waals surface area contributed by atoms with Crippen molar-refractivity contribution in [3.8, 4) is 17.2 Å². The monoisotopic (exact) mass is 489 g/mol. The number of ether oxygens (including phenoxy) is 3. The van der Waals surface area contributed by atoms with E-state index in [0.717, 1.165) is 22.4 Å². The SMILES string of the molecule is COc1ccc(NC(=S)N(Cc2ccccc2)Cc2cc3cc(OC)c(OC)cc3[nH]c2=O)cc1. The van der Waals surface area contributed by atoms with Crippen LogP contribution in [0.4, 0.5) is 5.69 Å². The van der Waals surface area contributed by atoms with E-state index in [1.807, 2.05) is 71.6 Å². The number of nitrogens with zero attached hydrogens (tertiary/aromatic N) is 1. The van der Waals surface area contributed by atoms with E-state index in [-0.39, 0.29) is 5.56 Å². The Balaban J connectivity index is 1.65. The summed E-state index contributed by atoms with van der Waals surface area (Å²) in [6.07, 6.45) is 0. The van der Waals surface area contributed by atoms with Gasteiger partial charge in [-0.25, -0.2) is 0 Å². The number of fused-ring (bicyclic) bond motifs is 1. The molecule has 0 saturated heterocycles. The van der Waals surface area contributed by atoms with Crippen LogP contribution >= 0.6 is 12.2 Å². The number of methoxy groups -OCH3 is 3. The molecule has 7 nitrogen and oxygen atoms in total. The molecule has 0 fully saturated rings. The zero-order valence-electron chi connectivity index (χ0n) is 19.8. The standard InChI is InChI=1S/C27H27N3O4S/c1-32-22-11-9-21(10-12-22)28-27(35)30(16-18-7-5-4-6-8-18)17-20-13-19-14-24(33-2)25(34-3)15-23(19)29-26(20)31/h4-15H,16-17H2,1-3H3,(H,28,35)(H,29,31). The summed E-state index contributed by atoms with van der Waals surface area (Å²) in [4.78, 5) is 17.9. The van der Waals surface area contributed by atoms with Crippen LogP contribution in [0.15, 0.2) is 77.6 Å². The predicted octanol–water partition coefficient (Wildman–Crippen LogP) is 4.95. The Morgan fingerprint density at radius 3 is 2.23 bits per heavy atom. The van der Waals surface area contributed by atoms with Crippen LogP contribution in [-0.2, 0) is 13.1 Å². The van der Waals surface area contributed by atoms with Crippen LogP contribution in [0.3, 0.4) is 0 Å². The van der Waals surface area contributed by atoms with Crippen molar-refractivity contribution in [1.82, 2.24) is 9.88 Å². The number of H-pyrrole nitrogens is 1. The molecule has 0 spiro atoms. The summed E-state index contributed by atoms with van der Waals surface area (Å²) in [6.45, 7) is 0.850. The molecule has 0 aliphatic rings. The quantitative estimate of drug-likeness (QED) is 0.339. The van der Waals surface area contributed by atoms with Crippen LogP contribution in [0.25, 0.3) is 10.9 Å². The third-order valence-corrected chi connectivity index (χ3v) is 5.99. The van der Waals surface area contributed by atoms with Crippen molar-refractivity contribution in [3.05, 3.63) is 94.3 Å². The van der Waals surface area contributed by atoms with Crippen LogP contribution in [-0.4, -0.2) is 36.3 Å². The molecule has 0 saturated carbocycles. The van der Waals surface area contributed by atoms with E-state index in [1.54, 1.807) is 27.4 Å². The number of rotatable bonds is 8. The lowest BCUT2D eigenvalue weighted by molar-refractivity contribution is 0.355. The van der Waals surface area contributed by atoms with E-state index in [1.165, 1.54) is 0 Å². The van der Waals surface area contributed by atoms with Crippen molar-refractivity contribution in [3.63, 3.8) is 0 Å². The van der Waals surface area contributed by atoms with Crippen molar-refractivity contribution in [2.45, 2.75) is 13.1 Å². The molecule has 0 amide bonds. The fourth-order valence-electron chi connectivity index (χ4n) is 3.78. The van der Waals surface area contributed by atoms with Gasteiger partial charge in [0.25, 0.3) is 5.56 Å². The van der Waals surface area contributed by atoms with Crippen molar-refractivity contribution in [2.24, 2.45) is 0 Å². The highest BCUT2D eigenvalue weighted by atomic mass is 32.1. The molecule has 4 aromatic rings. The van der Waals surface area contributed by atoms with Gasteiger partial charge < -0.3 is 29.4 Å². The first-order chi connectivity index (χ1) is 17.0. The highest BCUT2D eigenvalue weighted by molar-refractivity contribution is 7.80. The van der Waals surface area contributed by atoms with Crippen LogP contribution in [0.1, 0.15) is 11.1 Å². The Morgan fingerprint density at radius 2 is 1.57 bits per heavy atom. The largest absolute Gasteiger partial charge is 0.497 e. The number of hydrogen-bond donors (Lipinski definition) is 2. The Bertz CT molecular complexity index is 1370. The highest BCUT2D eigenvalue weighted by Crippen LogP contribution is 2.31. The molecule has 180 valence electrons. The molecular formula is C27H27N3O4S. The van der Waals surface area contributed by atoms with Gasteiger partial charge in [-0.3, -0.25) is 4.79 Å². The second-order valence-corrected chi connectivity index (χ2v) is 8.31. The molecule has 8 heteroatoms. The maximum Gasteiger partial charge on any atom is 0.253 e. The fourth-order valence-corrected chi connectivity index (χ4v) is 4.03. The van der Waals surface area contributed by atoms with Crippen LogP contribution in [0, 0.1) is 0 Å². The number of hydrogen-bond acceptors (Lipinski definition) is 5. The van der Waals surface area contributed by atoms with Gasteiger partial charge in [0, 0.05) is 29.2 Å². The molecule has 35 heavy (non-hydrogen) atoms. The first-order valence-electron chi connectivity index (χ1n) is 11.0. The Labute approximate surface area is 209 Å². The average molecular weight is 490 g/mol. The summed E-state index contributed by atoms with van der Waals surface area (Å²) < 4.78 is 16.0. The van der Waals surface area contributed by atoms with Gasteiger partial charge in [-0.15, -0.1) is 0 Å². The van der Waals surface area contributed by atoms with Crippen LogP contribution in [0.5, 0.6) is 17.2 Å². The minimum atomic E-state index is -0.185. The molecule has 3 aromatic carbocycles. The zero-order valence-corrected chi connectivity index (χ0v) is 20.6. The van der Waals surface area contributed by atoms with Crippen molar-refractivity contribution in [1.29, 1.82) is 0 Å². The minimum Gasteiger partial charge on any atom is -0.497 e. The zero-order chi connectivity index (χ0) is 24.8. The van der Waals surface area contributed by atoms with E-state index < -0.39 is 0 Å². The molecule has 0 atom stereocenters. The van der Waals surface area contributed by atoms with Gasteiger partial charge in [-0.1, -0.05) is 30.3 Å². The lowest BCUT2D eigenvalue weighted by Gasteiger charge is -2.26. The van der Waals surface area contributed by atoms with Gasteiger partial charge in [0.1, 0.15) is 5.75 Å². The van der Waals surface area contributed by atoms with Gasteiger partial charge in [-0.05, 0) is 54.2 Å². The second-order valence-electron chi connectivity index (χ2n) is 7.92. The second kappa shape index (κ2) is 10.9. The van der Waals surface area contributed by atoms with Crippen molar-refractivity contribution >= 4 is 33.9 Å². The molecule has 1 aromatic heterocycles. The van der Waals surface area contributed by atoms with Gasteiger partial charge in [-0.2, -0.15) is 0 Å². The normalized spacial score (nSPS) is 10.6. The fraction of sp³-hybridized carbons (Fsp3) is 0.185. The topological polar surface area (TPSA) is 75.8 Å². The van der Waals surface area contributed by atoms with Gasteiger partial charge in [0.2, 0.25) is 0 Å². The molecule has 0 bridgehead atoms. The van der Waals surface area contributed by atoms with Gasteiger partial charge >= 0.3 is 0 Å². The number of aromatic nitrogens is 1. The van der Waals surface area contributed by atoms with Crippen LogP contribution < -0.4 is 25.1 Å². The Kier molecular flexibility index (Phi) is 7.52. The molecule has 2 N–H and O–H groups in total. The molecule has 1 heterocycles. The van der Waals surface area contributed by atoms with E-state index >= 15 is 0 Å². The summed E-state index contributed by atoms with van der Waals surface area (Å²) in [7, 11) is 4.77. The predicted molar refractivity (Wildman–Crippen MR) is 143 cm³/mol. The van der Waals surface area contributed by atoms with Gasteiger partial charge in [0.15, 0.2) is 16.6 Å².